The molecule has 2 aromatic carbocycles. The van der Waals surface area contributed by atoms with Gasteiger partial charge in [-0.1, -0.05) is 18.2 Å². The van der Waals surface area contributed by atoms with Crippen LogP contribution in [0, 0.1) is 19.8 Å². The minimum Gasteiger partial charge on any atom is -0.326 e. The lowest BCUT2D eigenvalue weighted by Crippen LogP contribution is -2.28. The van der Waals surface area contributed by atoms with Gasteiger partial charge in [0.1, 0.15) is 0 Å². The summed E-state index contributed by atoms with van der Waals surface area (Å²) < 4.78 is 26.1. The van der Waals surface area contributed by atoms with E-state index < -0.39 is 15.9 Å². The second-order valence-corrected chi connectivity index (χ2v) is 8.74. The number of benzene rings is 2. The predicted molar refractivity (Wildman–Crippen MR) is 108 cm³/mol. The third kappa shape index (κ3) is 3.93. The standard InChI is InChI=1S/C20H23N3O4S/c1-13-6-4-9-18(14(13)2)23-12-15(10-19(23)24)20(25)22-16-7-5-8-17(11-16)28(26,27)21-3/h4-9,11,15,21H,10,12H2,1-3H3,(H,22,25). The van der Waals surface area contributed by atoms with Crippen molar-refractivity contribution in [1.29, 1.82) is 0 Å². The van der Waals surface area contributed by atoms with Gasteiger partial charge in [0.25, 0.3) is 0 Å². The maximum absolute atomic E-state index is 12.7. The van der Waals surface area contributed by atoms with Crippen LogP contribution in [-0.2, 0) is 19.6 Å². The highest BCUT2D eigenvalue weighted by Crippen LogP contribution is 2.30. The molecule has 2 amide bonds. The lowest BCUT2D eigenvalue weighted by molar-refractivity contribution is -0.122. The van der Waals surface area contributed by atoms with Crippen molar-refractivity contribution in [2.24, 2.45) is 5.92 Å². The maximum atomic E-state index is 12.7. The van der Waals surface area contributed by atoms with E-state index in [0.29, 0.717) is 12.2 Å². The molecule has 3 rings (SSSR count). The fourth-order valence-corrected chi connectivity index (χ4v) is 4.02. The highest BCUT2D eigenvalue weighted by Gasteiger charge is 2.35. The summed E-state index contributed by atoms with van der Waals surface area (Å²) in [6.45, 7) is 4.23. The molecule has 0 bridgehead atoms. The van der Waals surface area contributed by atoms with Crippen LogP contribution in [0.1, 0.15) is 17.5 Å². The third-order valence-electron chi connectivity index (χ3n) is 5.04. The summed E-state index contributed by atoms with van der Waals surface area (Å²) in [4.78, 5) is 26.9. The molecule has 8 heteroatoms. The summed E-state index contributed by atoms with van der Waals surface area (Å²) in [5, 5.41) is 2.73. The zero-order valence-corrected chi connectivity index (χ0v) is 16.8. The fourth-order valence-electron chi connectivity index (χ4n) is 3.25. The van der Waals surface area contributed by atoms with Crippen LogP contribution in [-0.4, -0.2) is 33.8 Å². The van der Waals surface area contributed by atoms with Crippen LogP contribution in [0.2, 0.25) is 0 Å². The largest absolute Gasteiger partial charge is 0.326 e. The molecule has 0 radical (unpaired) electrons. The zero-order valence-electron chi connectivity index (χ0n) is 16.0. The van der Waals surface area contributed by atoms with Gasteiger partial charge in [0.15, 0.2) is 0 Å². The van der Waals surface area contributed by atoms with E-state index >= 15 is 0 Å². The highest BCUT2D eigenvalue weighted by atomic mass is 32.2. The van der Waals surface area contributed by atoms with E-state index in [4.69, 9.17) is 0 Å². The van der Waals surface area contributed by atoms with Gasteiger partial charge in [0.05, 0.1) is 10.8 Å². The smallest absolute Gasteiger partial charge is 0.240 e. The van der Waals surface area contributed by atoms with Crippen molar-refractivity contribution in [2.75, 3.05) is 23.8 Å². The topological polar surface area (TPSA) is 95.6 Å². The van der Waals surface area contributed by atoms with Gasteiger partial charge in [-0.15, -0.1) is 0 Å². The number of anilines is 2. The van der Waals surface area contributed by atoms with Crippen molar-refractivity contribution < 1.29 is 18.0 Å². The SMILES string of the molecule is CNS(=O)(=O)c1cccc(NC(=O)C2CC(=O)N(c3cccc(C)c3C)C2)c1. The zero-order chi connectivity index (χ0) is 20.5. The Labute approximate surface area is 164 Å². The van der Waals surface area contributed by atoms with Gasteiger partial charge < -0.3 is 10.2 Å². The number of amides is 2. The second-order valence-electron chi connectivity index (χ2n) is 6.85. The molecule has 28 heavy (non-hydrogen) atoms. The van der Waals surface area contributed by atoms with Crippen molar-refractivity contribution in [3.05, 3.63) is 53.6 Å². The molecule has 2 aromatic rings. The van der Waals surface area contributed by atoms with Crippen LogP contribution in [0.15, 0.2) is 47.4 Å². The van der Waals surface area contributed by atoms with Crippen LogP contribution in [0.25, 0.3) is 0 Å². The molecule has 0 saturated carbocycles. The quantitative estimate of drug-likeness (QED) is 0.803. The fraction of sp³-hybridized carbons (Fsp3) is 0.300. The average Bonchev–Trinajstić information content (AvgIpc) is 3.06. The summed E-state index contributed by atoms with van der Waals surface area (Å²) in [5.41, 5.74) is 3.30. The third-order valence-corrected chi connectivity index (χ3v) is 6.46. The van der Waals surface area contributed by atoms with Crippen molar-refractivity contribution in [2.45, 2.75) is 25.2 Å². The van der Waals surface area contributed by atoms with Gasteiger partial charge in [-0.2, -0.15) is 0 Å². The van der Waals surface area contributed by atoms with Crippen LogP contribution in [0.5, 0.6) is 0 Å². The number of nitrogens with one attached hydrogen (secondary N) is 2. The number of nitrogens with zero attached hydrogens (tertiary/aromatic N) is 1. The number of rotatable bonds is 5. The van der Waals surface area contributed by atoms with Crippen molar-refractivity contribution in [3.8, 4) is 0 Å². The van der Waals surface area contributed by atoms with Crippen molar-refractivity contribution in [1.82, 2.24) is 4.72 Å². The molecule has 7 nitrogen and oxygen atoms in total. The van der Waals surface area contributed by atoms with E-state index in [1.807, 2.05) is 32.0 Å². The Kier molecular flexibility index (Phi) is 5.53. The molecule has 1 aliphatic heterocycles. The molecule has 1 saturated heterocycles. The summed E-state index contributed by atoms with van der Waals surface area (Å²) in [6, 6.07) is 11.8. The minimum atomic E-state index is -3.60. The van der Waals surface area contributed by atoms with Crippen LogP contribution in [0.3, 0.4) is 0 Å². The molecule has 148 valence electrons. The van der Waals surface area contributed by atoms with Gasteiger partial charge in [0.2, 0.25) is 21.8 Å². The predicted octanol–water partition coefficient (Wildman–Crippen LogP) is 2.20. The highest BCUT2D eigenvalue weighted by molar-refractivity contribution is 7.89. The average molecular weight is 401 g/mol. The minimum absolute atomic E-state index is 0.0623. The Hall–Kier alpha value is -2.71. The molecule has 0 aromatic heterocycles. The van der Waals surface area contributed by atoms with Gasteiger partial charge in [0, 0.05) is 24.3 Å². The summed E-state index contributed by atoms with van der Waals surface area (Å²) in [7, 11) is -2.28. The first-order chi connectivity index (χ1) is 13.2. The number of hydrogen-bond acceptors (Lipinski definition) is 4. The van der Waals surface area contributed by atoms with E-state index in [-0.39, 0.29) is 23.1 Å². The first-order valence-corrected chi connectivity index (χ1v) is 10.4. The van der Waals surface area contributed by atoms with E-state index in [1.54, 1.807) is 17.0 Å². The Morgan fingerprint density at radius 3 is 2.57 bits per heavy atom. The van der Waals surface area contributed by atoms with E-state index in [9.17, 15) is 18.0 Å². The molecule has 0 aliphatic carbocycles. The summed E-state index contributed by atoms with van der Waals surface area (Å²) in [6.07, 6.45) is 0.119. The van der Waals surface area contributed by atoms with Crippen molar-refractivity contribution in [3.63, 3.8) is 0 Å². The molecular weight excluding hydrogens is 378 g/mol. The molecule has 1 aliphatic rings. The molecule has 1 heterocycles. The first-order valence-electron chi connectivity index (χ1n) is 8.94. The molecule has 2 N–H and O–H groups in total. The van der Waals surface area contributed by atoms with Gasteiger partial charge in [-0.3, -0.25) is 9.59 Å². The number of hydrogen-bond donors (Lipinski definition) is 2. The first kappa shape index (κ1) is 20.0. The molecule has 0 spiro atoms. The van der Waals surface area contributed by atoms with E-state index in [2.05, 4.69) is 10.0 Å². The Morgan fingerprint density at radius 2 is 1.86 bits per heavy atom. The van der Waals surface area contributed by atoms with Crippen LogP contribution >= 0.6 is 0 Å². The second kappa shape index (κ2) is 7.73. The molecule has 1 atom stereocenters. The summed E-state index contributed by atoms with van der Waals surface area (Å²) >= 11 is 0. The van der Waals surface area contributed by atoms with Crippen molar-refractivity contribution >= 4 is 33.2 Å². The van der Waals surface area contributed by atoms with E-state index in [1.165, 1.54) is 19.2 Å². The number of sulfonamides is 1. The normalized spacial score (nSPS) is 17.0. The maximum Gasteiger partial charge on any atom is 0.240 e. The number of carbonyl (C=O) groups excluding carboxylic acids is 2. The Bertz CT molecular complexity index is 1030. The van der Waals surface area contributed by atoms with Gasteiger partial charge in [-0.05, 0) is 56.3 Å². The molecule has 1 unspecified atom stereocenters. The van der Waals surface area contributed by atoms with Crippen LogP contribution in [0.4, 0.5) is 11.4 Å². The van der Waals surface area contributed by atoms with Crippen LogP contribution < -0.4 is 14.9 Å². The Morgan fingerprint density at radius 1 is 1.14 bits per heavy atom. The number of aryl methyl sites for hydroxylation is 1. The lowest BCUT2D eigenvalue weighted by Gasteiger charge is -2.20. The number of carbonyl (C=O) groups is 2. The van der Waals surface area contributed by atoms with Gasteiger partial charge >= 0.3 is 0 Å². The Balaban J connectivity index is 1.75. The lowest BCUT2D eigenvalue weighted by atomic mass is 10.1. The monoisotopic (exact) mass is 401 g/mol. The van der Waals surface area contributed by atoms with Gasteiger partial charge in [-0.25, -0.2) is 13.1 Å². The molecular formula is C20H23N3O4S. The van der Waals surface area contributed by atoms with E-state index in [0.717, 1.165) is 16.8 Å². The molecule has 1 fully saturated rings. The summed E-state index contributed by atoms with van der Waals surface area (Å²) in [5.74, 6) is -0.905.